The fraction of sp³-hybridized carbons (Fsp3) is 0.626. The molecule has 0 aromatic carbocycles. The summed E-state index contributed by atoms with van der Waals surface area (Å²) in [4.78, 5) is 59.0. The molecule has 0 aromatic heterocycles. The molecule has 664 valence electrons. The molecule has 0 aliphatic heterocycles. The van der Waals surface area contributed by atoms with Crippen LogP contribution in [-0.4, -0.2) is 95.9 Å². The summed E-state index contributed by atoms with van der Waals surface area (Å²) >= 11 is 0. The van der Waals surface area contributed by atoms with E-state index >= 15 is 0 Å². The van der Waals surface area contributed by atoms with E-state index in [9.17, 15) is 43.5 Å². The molecule has 18 heteroatoms. The number of esters is 3. The lowest BCUT2D eigenvalue weighted by molar-refractivity contribution is -0.161. The zero-order valence-electron chi connectivity index (χ0n) is 73.0. The number of rotatable bonds is 84. The van der Waals surface area contributed by atoms with E-state index in [-0.39, 0.29) is 19.3 Å². The second-order valence-corrected chi connectivity index (χ2v) is 32.5. The number of aliphatic hydroxyl groups is 2. The van der Waals surface area contributed by atoms with Crippen LogP contribution >= 0.6 is 15.6 Å². The molecular weight excluding hydrogens is 1510 g/mol. The van der Waals surface area contributed by atoms with E-state index in [1.807, 2.05) is 0 Å². The van der Waals surface area contributed by atoms with E-state index in [2.05, 4.69) is 227 Å². The molecule has 0 rings (SSSR count). The van der Waals surface area contributed by atoms with Gasteiger partial charge in [0.2, 0.25) is 0 Å². The van der Waals surface area contributed by atoms with Crippen molar-refractivity contribution < 1.29 is 75.8 Å². The summed E-state index contributed by atoms with van der Waals surface area (Å²) in [7, 11) is -9.83. The Bertz CT molecular complexity index is 2960. The molecule has 0 heterocycles. The van der Waals surface area contributed by atoms with Crippen molar-refractivity contribution in [2.75, 3.05) is 39.6 Å². The number of phosphoric ester groups is 2. The first-order valence-electron chi connectivity index (χ1n) is 45.4. The molecular formula is C99H162O16P2. The van der Waals surface area contributed by atoms with Gasteiger partial charge in [-0.3, -0.25) is 32.5 Å². The van der Waals surface area contributed by atoms with Gasteiger partial charge in [-0.05, 0) is 167 Å². The molecule has 0 fully saturated rings. The Morgan fingerprint density at radius 2 is 0.427 bits per heavy atom. The monoisotopic (exact) mass is 1670 g/mol. The lowest BCUT2D eigenvalue weighted by Gasteiger charge is -2.21. The first-order chi connectivity index (χ1) is 57.2. The van der Waals surface area contributed by atoms with Gasteiger partial charge >= 0.3 is 33.6 Å². The average molecular weight is 1670 g/mol. The topological polar surface area (TPSA) is 231 Å². The van der Waals surface area contributed by atoms with Crippen LogP contribution in [0.4, 0.5) is 0 Å². The van der Waals surface area contributed by atoms with E-state index in [4.69, 9.17) is 32.3 Å². The molecule has 0 bridgehead atoms. The molecule has 16 nitrogen and oxygen atoms in total. The minimum absolute atomic E-state index is 0.0769. The van der Waals surface area contributed by atoms with Crippen LogP contribution < -0.4 is 0 Å². The maximum atomic E-state index is 13.1. The van der Waals surface area contributed by atoms with Crippen molar-refractivity contribution in [3.63, 3.8) is 0 Å². The van der Waals surface area contributed by atoms with E-state index in [0.29, 0.717) is 19.3 Å². The molecule has 0 aliphatic rings. The highest BCUT2D eigenvalue weighted by molar-refractivity contribution is 7.47. The number of allylic oxidation sites excluding steroid dienone is 34. The van der Waals surface area contributed by atoms with E-state index in [1.54, 1.807) is 0 Å². The van der Waals surface area contributed by atoms with Crippen molar-refractivity contribution in [2.45, 2.75) is 360 Å². The smallest absolute Gasteiger partial charge is 0.463 e. The molecule has 0 aromatic rings. The van der Waals surface area contributed by atoms with E-state index < -0.39 is 91.5 Å². The SMILES string of the molecule is CC/C=C\C/C=C\C/C=C\C/C=C\C/C=C\C/C=C\CCCCCCCCCCC(=O)OCC(COP(=O)(O)OCC(O)COP(=O)(O)OCC(O)COC(=O)CCCCCCCCCCCCCCC/C=C\C/C=C\C/C=C\C/C=C\C/C=C\CC)OC(=O)CCCCCCCC/C=C\C/C=C\C/C=C\C/C=C\C/C=C\C/C=C\CC. The van der Waals surface area contributed by atoms with Gasteiger partial charge in [0.1, 0.15) is 25.4 Å². The summed E-state index contributed by atoms with van der Waals surface area (Å²) in [6.45, 7) is 2.33. The molecule has 5 unspecified atom stereocenters. The van der Waals surface area contributed by atoms with Crippen LogP contribution in [-0.2, 0) is 55.8 Å². The van der Waals surface area contributed by atoms with Gasteiger partial charge in [0.05, 0.1) is 26.4 Å². The normalized spacial score (nSPS) is 14.8. The van der Waals surface area contributed by atoms with Gasteiger partial charge in [0.15, 0.2) is 6.10 Å². The summed E-state index contributed by atoms with van der Waals surface area (Å²) in [5.41, 5.74) is 0. The second-order valence-electron chi connectivity index (χ2n) is 29.6. The van der Waals surface area contributed by atoms with Crippen molar-refractivity contribution in [1.29, 1.82) is 0 Å². The summed E-state index contributed by atoms with van der Waals surface area (Å²) in [5, 5.41) is 20.7. The van der Waals surface area contributed by atoms with E-state index in [1.165, 1.54) is 64.2 Å². The lowest BCUT2D eigenvalue weighted by atomic mass is 10.0. The molecule has 0 aliphatic carbocycles. The Kier molecular flexibility index (Phi) is 84.9. The molecule has 0 spiro atoms. The molecule has 5 atom stereocenters. The quantitative estimate of drug-likeness (QED) is 0.0146. The molecule has 0 saturated carbocycles. The first-order valence-corrected chi connectivity index (χ1v) is 48.4. The van der Waals surface area contributed by atoms with Gasteiger partial charge in [0, 0.05) is 19.3 Å². The maximum absolute atomic E-state index is 13.1. The average Bonchev–Trinajstić information content (AvgIpc) is 0.897. The van der Waals surface area contributed by atoms with Crippen molar-refractivity contribution in [3.05, 3.63) is 207 Å². The van der Waals surface area contributed by atoms with Gasteiger partial charge < -0.3 is 34.2 Å². The number of aliphatic hydroxyl groups excluding tert-OH is 2. The number of carbonyl (C=O) groups excluding carboxylic acids is 3. The summed E-state index contributed by atoms with van der Waals surface area (Å²) < 4.78 is 61.5. The molecule has 117 heavy (non-hydrogen) atoms. The first kappa shape index (κ1) is 111. The third-order valence-corrected chi connectivity index (χ3v) is 20.4. The van der Waals surface area contributed by atoms with Gasteiger partial charge in [-0.25, -0.2) is 9.13 Å². The fourth-order valence-electron chi connectivity index (χ4n) is 11.7. The summed E-state index contributed by atoms with van der Waals surface area (Å²) in [6, 6.07) is 0. The number of ether oxygens (including phenoxy) is 3. The lowest BCUT2D eigenvalue weighted by Crippen LogP contribution is -2.30. The van der Waals surface area contributed by atoms with E-state index in [0.717, 1.165) is 218 Å². The molecule has 0 radical (unpaired) electrons. The largest absolute Gasteiger partial charge is 0.472 e. The predicted octanol–water partition coefficient (Wildman–Crippen LogP) is 28.0. The van der Waals surface area contributed by atoms with Crippen molar-refractivity contribution in [1.82, 2.24) is 0 Å². The highest BCUT2D eigenvalue weighted by atomic mass is 31.2. The Balaban J connectivity index is 4.70. The van der Waals surface area contributed by atoms with Crippen LogP contribution in [0.5, 0.6) is 0 Å². The maximum Gasteiger partial charge on any atom is 0.472 e. The fourth-order valence-corrected chi connectivity index (χ4v) is 13.3. The highest BCUT2D eigenvalue weighted by Gasteiger charge is 2.29. The van der Waals surface area contributed by atoms with Crippen LogP contribution in [0.25, 0.3) is 0 Å². The summed E-state index contributed by atoms with van der Waals surface area (Å²) in [5.74, 6) is -1.61. The highest BCUT2D eigenvalue weighted by Crippen LogP contribution is 2.45. The third kappa shape index (κ3) is 90.7. The van der Waals surface area contributed by atoms with Crippen molar-refractivity contribution in [2.24, 2.45) is 0 Å². The number of carbonyl (C=O) groups is 3. The minimum atomic E-state index is -4.96. The number of hydrogen-bond acceptors (Lipinski definition) is 14. The Morgan fingerprint density at radius 3 is 0.675 bits per heavy atom. The standard InChI is InChI=1S/C99H162O16P2/c1-4-7-10-13-16-19-22-25-28-31-34-37-40-43-45-46-48-51-52-55-58-61-64-67-70-73-76-79-82-85-97(102)109-88-94(100)89-111-116(105,106)112-90-95(101)91-113-117(107,108)114-93-96(115-99(104)87-84-81-78-75-72-69-66-63-60-57-54-49-42-39-36-33-30-27-24-21-18-15-12-9-6-3)92-110-98(103)86-83-80-77-74-71-68-65-62-59-56-53-50-47-44-41-38-35-32-29-26-23-20-17-14-11-8-5-2/h7-12,16-21,25-30,34-39,43-45,47,49,53-54,56,60,63,94-96,100-101H,4-6,13-15,22-24,31-33,40-42,46,48,50-52,55,57-59,61-62,64-93H2,1-3H3,(H,105,106)(H,107,108)/b10-7-,11-8-,12-9-,19-16-,20-17-,21-18-,28-25-,29-26-,30-27-,37-34-,38-35-,39-36-,45-43-,47-44-,54-49-,56-53-,63-60-. The van der Waals surface area contributed by atoms with Crippen LogP contribution in [0.3, 0.4) is 0 Å². The van der Waals surface area contributed by atoms with Gasteiger partial charge in [-0.1, -0.05) is 362 Å². The zero-order valence-corrected chi connectivity index (χ0v) is 74.8. The van der Waals surface area contributed by atoms with Crippen LogP contribution in [0, 0.1) is 0 Å². The van der Waals surface area contributed by atoms with Gasteiger partial charge in [-0.2, -0.15) is 0 Å². The number of unbranched alkanes of at least 4 members (excludes halogenated alkanes) is 27. The molecule has 0 amide bonds. The number of phosphoric acid groups is 2. The minimum Gasteiger partial charge on any atom is -0.463 e. The Hall–Kier alpha value is -5.87. The number of hydrogen-bond donors (Lipinski definition) is 4. The molecule has 0 saturated heterocycles. The van der Waals surface area contributed by atoms with Gasteiger partial charge in [0.25, 0.3) is 0 Å². The third-order valence-electron chi connectivity index (χ3n) is 18.5. The van der Waals surface area contributed by atoms with Crippen molar-refractivity contribution >= 4 is 33.6 Å². The Labute approximate surface area is 711 Å². The van der Waals surface area contributed by atoms with Crippen LogP contribution in [0.15, 0.2) is 207 Å². The summed E-state index contributed by atoms with van der Waals surface area (Å²) in [6.07, 6.45) is 120. The second kappa shape index (κ2) is 89.4. The molecule has 4 N–H and O–H groups in total. The predicted molar refractivity (Wildman–Crippen MR) is 491 cm³/mol. The Morgan fingerprint density at radius 1 is 0.239 bits per heavy atom. The van der Waals surface area contributed by atoms with Crippen molar-refractivity contribution in [3.8, 4) is 0 Å². The van der Waals surface area contributed by atoms with Crippen LogP contribution in [0.1, 0.15) is 342 Å². The van der Waals surface area contributed by atoms with Gasteiger partial charge in [-0.15, -0.1) is 0 Å². The van der Waals surface area contributed by atoms with Crippen LogP contribution in [0.2, 0.25) is 0 Å². The zero-order chi connectivity index (χ0) is 85.1.